The van der Waals surface area contributed by atoms with Crippen LogP contribution in [0.4, 0.5) is 0 Å². The van der Waals surface area contributed by atoms with Crippen LogP contribution in [0.3, 0.4) is 0 Å². The van der Waals surface area contributed by atoms with Crippen LogP contribution in [-0.2, 0) is 7.05 Å². The minimum atomic E-state index is -1.48. The number of nitrogens with zero attached hydrogens (tertiary/aromatic N) is 4. The first kappa shape index (κ1) is 13.7. The minimum absolute atomic E-state index is 0.462. The molecule has 2 heterocycles. The van der Waals surface area contributed by atoms with Crippen molar-refractivity contribution in [3.63, 3.8) is 0 Å². The van der Waals surface area contributed by atoms with E-state index in [0.717, 1.165) is 14.9 Å². The second-order valence-electron chi connectivity index (χ2n) is 4.39. The van der Waals surface area contributed by atoms with E-state index in [9.17, 15) is 14.4 Å². The zero-order valence-electron chi connectivity index (χ0n) is 11.1. The first-order chi connectivity index (χ1) is 9.32. The highest BCUT2D eigenvalue weighted by molar-refractivity contribution is 5.84. The Morgan fingerprint density at radius 1 is 1.45 bits per heavy atom. The van der Waals surface area contributed by atoms with Gasteiger partial charge in [0, 0.05) is 12.7 Å². The number of rotatable bonds is 3. The number of carbonyl (C=O) groups is 1. The zero-order valence-corrected chi connectivity index (χ0v) is 11.1. The van der Waals surface area contributed by atoms with Crippen molar-refractivity contribution < 1.29 is 9.90 Å². The molecule has 2 rings (SSSR count). The van der Waals surface area contributed by atoms with Gasteiger partial charge in [-0.2, -0.15) is 10.2 Å². The third-order valence-electron chi connectivity index (χ3n) is 2.90. The van der Waals surface area contributed by atoms with E-state index < -0.39 is 29.0 Å². The molecule has 0 spiro atoms. The summed E-state index contributed by atoms with van der Waals surface area (Å²) < 4.78 is 1.65. The number of aryl methyl sites for hydroxylation is 2. The number of nitrogens with one attached hydrogen (secondary N) is 1. The van der Waals surface area contributed by atoms with Gasteiger partial charge in [0.05, 0.1) is 11.7 Å². The van der Waals surface area contributed by atoms with Crippen molar-refractivity contribution in [1.29, 1.82) is 0 Å². The van der Waals surface area contributed by atoms with Gasteiger partial charge >= 0.3 is 11.7 Å². The Kier molecular flexibility index (Phi) is 3.26. The van der Waals surface area contributed by atoms with Crippen LogP contribution in [0, 0.1) is 6.92 Å². The summed E-state index contributed by atoms with van der Waals surface area (Å²) in [6, 6.07) is 0.976. The molecular weight excluding hydrogens is 266 g/mol. The summed E-state index contributed by atoms with van der Waals surface area (Å²) in [5.41, 5.74) is -1.12. The predicted molar refractivity (Wildman–Crippen MR) is 67.8 cm³/mol. The molecule has 0 radical (unpaired) electrons. The lowest BCUT2D eigenvalue weighted by Gasteiger charge is -2.13. The third kappa shape index (κ3) is 2.13. The fourth-order valence-electron chi connectivity index (χ4n) is 1.85. The van der Waals surface area contributed by atoms with Crippen LogP contribution in [0.1, 0.15) is 34.8 Å². The van der Waals surface area contributed by atoms with Gasteiger partial charge in [-0.15, -0.1) is 0 Å². The van der Waals surface area contributed by atoms with E-state index in [0.29, 0.717) is 5.69 Å². The number of hydrogen-bond acceptors (Lipinski definition) is 5. The SMILES string of the molecule is Cc1cc(C(C)n2c(=O)c(C(=O)O)nn(C)c2=O)n[nH]1. The van der Waals surface area contributed by atoms with E-state index in [4.69, 9.17) is 5.11 Å². The Morgan fingerprint density at radius 3 is 2.60 bits per heavy atom. The van der Waals surface area contributed by atoms with Gasteiger partial charge in [-0.05, 0) is 19.9 Å². The number of carboxylic acid groups (broad SMARTS) is 1. The van der Waals surface area contributed by atoms with E-state index in [1.165, 1.54) is 7.05 Å². The van der Waals surface area contributed by atoms with E-state index in [-0.39, 0.29) is 0 Å². The van der Waals surface area contributed by atoms with Crippen LogP contribution in [0.2, 0.25) is 0 Å². The van der Waals surface area contributed by atoms with Crippen LogP contribution in [0.25, 0.3) is 0 Å². The third-order valence-corrected chi connectivity index (χ3v) is 2.90. The maximum absolute atomic E-state index is 12.1. The molecule has 2 N–H and O–H groups in total. The van der Waals surface area contributed by atoms with Gasteiger partial charge in [0.2, 0.25) is 5.69 Å². The lowest BCUT2D eigenvalue weighted by Crippen LogP contribution is -2.45. The molecule has 9 nitrogen and oxygen atoms in total. The Labute approximate surface area is 112 Å². The van der Waals surface area contributed by atoms with Gasteiger partial charge in [0.25, 0.3) is 5.56 Å². The molecule has 2 aromatic heterocycles. The molecule has 1 atom stereocenters. The maximum Gasteiger partial charge on any atom is 0.362 e. The standard InChI is InChI=1S/C11H13N5O4/c1-5-4-7(13-12-5)6(2)16-9(17)8(10(18)19)14-15(3)11(16)20/h4,6H,1-3H3,(H,12,13)(H,18,19). The van der Waals surface area contributed by atoms with Crippen molar-refractivity contribution >= 4 is 5.97 Å². The molecular formula is C11H13N5O4. The van der Waals surface area contributed by atoms with Crippen LogP contribution in [-0.4, -0.2) is 35.6 Å². The van der Waals surface area contributed by atoms with Gasteiger partial charge in [-0.3, -0.25) is 9.89 Å². The fraction of sp³-hybridized carbons (Fsp3) is 0.364. The van der Waals surface area contributed by atoms with Crippen LogP contribution in [0.15, 0.2) is 15.7 Å². The van der Waals surface area contributed by atoms with Gasteiger partial charge in [-0.1, -0.05) is 0 Å². The molecule has 9 heteroatoms. The van der Waals surface area contributed by atoms with Gasteiger partial charge in [0.15, 0.2) is 0 Å². The Morgan fingerprint density at radius 2 is 2.10 bits per heavy atom. The van der Waals surface area contributed by atoms with E-state index in [1.54, 1.807) is 19.9 Å². The second kappa shape index (κ2) is 4.76. The molecule has 0 fully saturated rings. The molecule has 0 saturated heterocycles. The van der Waals surface area contributed by atoms with Gasteiger partial charge < -0.3 is 5.11 Å². The molecule has 0 amide bonds. The molecule has 0 aliphatic rings. The molecule has 0 saturated carbocycles. The summed E-state index contributed by atoms with van der Waals surface area (Å²) in [4.78, 5) is 35.1. The van der Waals surface area contributed by atoms with Crippen molar-refractivity contribution in [3.8, 4) is 0 Å². The Balaban J connectivity index is 2.70. The molecule has 20 heavy (non-hydrogen) atoms. The highest BCUT2D eigenvalue weighted by Crippen LogP contribution is 2.12. The van der Waals surface area contributed by atoms with Crippen molar-refractivity contribution in [2.45, 2.75) is 19.9 Å². The summed E-state index contributed by atoms with van der Waals surface area (Å²) in [7, 11) is 1.28. The first-order valence-electron chi connectivity index (χ1n) is 5.78. The van der Waals surface area contributed by atoms with Gasteiger partial charge in [0.1, 0.15) is 0 Å². The minimum Gasteiger partial charge on any atom is -0.476 e. The topological polar surface area (TPSA) is 123 Å². The zero-order chi connectivity index (χ0) is 15.0. The normalized spacial score (nSPS) is 12.3. The summed E-state index contributed by atoms with van der Waals surface area (Å²) in [5, 5.41) is 19.1. The van der Waals surface area contributed by atoms with Crippen molar-refractivity contribution in [1.82, 2.24) is 24.5 Å². The van der Waals surface area contributed by atoms with Gasteiger partial charge in [-0.25, -0.2) is 18.8 Å². The summed E-state index contributed by atoms with van der Waals surface area (Å²) in [6.45, 7) is 3.36. The van der Waals surface area contributed by atoms with E-state index in [1.807, 2.05) is 0 Å². The van der Waals surface area contributed by atoms with Crippen molar-refractivity contribution in [3.05, 3.63) is 44.0 Å². The molecule has 0 bridgehead atoms. The number of hydrogen-bond donors (Lipinski definition) is 2. The van der Waals surface area contributed by atoms with E-state index >= 15 is 0 Å². The summed E-state index contributed by atoms with van der Waals surface area (Å²) in [6.07, 6.45) is 0. The summed E-state index contributed by atoms with van der Waals surface area (Å²) >= 11 is 0. The molecule has 106 valence electrons. The Hall–Kier alpha value is -2.71. The van der Waals surface area contributed by atoms with Crippen LogP contribution in [0.5, 0.6) is 0 Å². The average molecular weight is 279 g/mol. The number of aromatic amines is 1. The summed E-state index contributed by atoms with van der Waals surface area (Å²) in [5.74, 6) is -1.48. The van der Waals surface area contributed by atoms with Crippen molar-refractivity contribution in [2.75, 3.05) is 0 Å². The molecule has 0 aliphatic carbocycles. The van der Waals surface area contributed by atoms with Crippen molar-refractivity contribution in [2.24, 2.45) is 7.05 Å². The largest absolute Gasteiger partial charge is 0.476 e. The second-order valence-corrected chi connectivity index (χ2v) is 4.39. The Bertz CT molecular complexity index is 785. The van der Waals surface area contributed by atoms with E-state index in [2.05, 4.69) is 15.3 Å². The van der Waals surface area contributed by atoms with Crippen LogP contribution >= 0.6 is 0 Å². The smallest absolute Gasteiger partial charge is 0.362 e. The first-order valence-corrected chi connectivity index (χ1v) is 5.78. The number of H-pyrrole nitrogens is 1. The maximum atomic E-state index is 12.1. The quantitative estimate of drug-likeness (QED) is 0.764. The molecule has 0 aromatic carbocycles. The monoisotopic (exact) mass is 279 g/mol. The number of carboxylic acids is 1. The highest BCUT2D eigenvalue weighted by atomic mass is 16.4. The predicted octanol–water partition coefficient (Wildman–Crippen LogP) is -0.719. The average Bonchev–Trinajstić information content (AvgIpc) is 2.80. The molecule has 1 unspecified atom stereocenters. The highest BCUT2D eigenvalue weighted by Gasteiger charge is 2.22. The number of aromatic nitrogens is 5. The molecule has 2 aromatic rings. The van der Waals surface area contributed by atoms with Crippen LogP contribution < -0.4 is 11.2 Å². The lowest BCUT2D eigenvalue weighted by molar-refractivity contribution is 0.0683. The number of aromatic carboxylic acids is 1. The lowest BCUT2D eigenvalue weighted by atomic mass is 10.2. The fourth-order valence-corrected chi connectivity index (χ4v) is 1.85. The molecule has 0 aliphatic heterocycles.